The van der Waals surface area contributed by atoms with E-state index in [0.717, 1.165) is 11.3 Å². The van der Waals surface area contributed by atoms with Crippen LogP contribution in [0.15, 0.2) is 53.4 Å². The second-order valence-electron chi connectivity index (χ2n) is 7.59. The average molecular weight is 447 g/mol. The number of hydrogen-bond acceptors (Lipinski definition) is 5. The number of rotatable bonds is 8. The third kappa shape index (κ3) is 5.57. The molecule has 2 aromatic carbocycles. The molecule has 2 aromatic rings. The smallest absolute Gasteiger partial charge is 0.243 e. The van der Waals surface area contributed by atoms with E-state index in [1.807, 2.05) is 38.1 Å². The van der Waals surface area contributed by atoms with Gasteiger partial charge < -0.3 is 14.8 Å². The minimum Gasteiger partial charge on any atom is -0.497 e. The second kappa shape index (κ2) is 10.2. The van der Waals surface area contributed by atoms with E-state index in [4.69, 9.17) is 9.47 Å². The van der Waals surface area contributed by atoms with Crippen molar-refractivity contribution in [3.8, 4) is 11.5 Å². The van der Waals surface area contributed by atoms with Crippen LogP contribution in [0.3, 0.4) is 0 Å². The maximum atomic E-state index is 12.9. The van der Waals surface area contributed by atoms with E-state index in [1.54, 1.807) is 31.4 Å². The molecule has 0 bridgehead atoms. The van der Waals surface area contributed by atoms with Crippen molar-refractivity contribution in [2.75, 3.05) is 26.8 Å². The number of carbonyl (C=O) groups excluding carboxylic acids is 1. The van der Waals surface area contributed by atoms with Gasteiger partial charge in [0.25, 0.3) is 0 Å². The van der Waals surface area contributed by atoms with Crippen molar-refractivity contribution < 1.29 is 22.7 Å². The van der Waals surface area contributed by atoms with Crippen LogP contribution >= 0.6 is 0 Å². The summed E-state index contributed by atoms with van der Waals surface area (Å²) >= 11 is 0. The molecule has 1 atom stereocenters. The van der Waals surface area contributed by atoms with Crippen LogP contribution in [0.4, 0.5) is 0 Å². The molecule has 1 unspecified atom stereocenters. The monoisotopic (exact) mass is 446 g/mol. The number of piperidine rings is 1. The molecule has 1 amide bonds. The first-order valence-electron chi connectivity index (χ1n) is 10.5. The van der Waals surface area contributed by atoms with Crippen molar-refractivity contribution in [1.82, 2.24) is 9.62 Å². The molecule has 1 saturated heterocycles. The van der Waals surface area contributed by atoms with Crippen LogP contribution in [0.5, 0.6) is 11.5 Å². The molecule has 1 aliphatic heterocycles. The van der Waals surface area contributed by atoms with E-state index >= 15 is 0 Å². The molecule has 1 fully saturated rings. The van der Waals surface area contributed by atoms with Crippen molar-refractivity contribution >= 4 is 15.9 Å². The fourth-order valence-corrected chi connectivity index (χ4v) is 5.16. The minimum atomic E-state index is -3.58. The normalized spacial score (nSPS) is 16.5. The molecule has 31 heavy (non-hydrogen) atoms. The van der Waals surface area contributed by atoms with E-state index in [9.17, 15) is 13.2 Å². The number of nitrogens with zero attached hydrogens (tertiary/aromatic N) is 1. The summed E-state index contributed by atoms with van der Waals surface area (Å²) in [6, 6.07) is 13.9. The zero-order valence-corrected chi connectivity index (χ0v) is 19.0. The van der Waals surface area contributed by atoms with Gasteiger partial charge in [0, 0.05) is 19.0 Å². The largest absolute Gasteiger partial charge is 0.497 e. The Morgan fingerprint density at radius 2 is 1.65 bits per heavy atom. The summed E-state index contributed by atoms with van der Waals surface area (Å²) in [5.41, 5.74) is 0.990. The lowest BCUT2D eigenvalue weighted by Gasteiger charge is -2.31. The Balaban J connectivity index is 1.55. The highest BCUT2D eigenvalue weighted by molar-refractivity contribution is 7.89. The summed E-state index contributed by atoms with van der Waals surface area (Å²) in [6.07, 6.45) is 0.995. The Hall–Kier alpha value is -2.58. The van der Waals surface area contributed by atoms with Gasteiger partial charge >= 0.3 is 0 Å². The molecule has 0 radical (unpaired) electrons. The molecule has 1 N–H and O–H groups in total. The highest BCUT2D eigenvalue weighted by atomic mass is 32.2. The highest BCUT2D eigenvalue weighted by Crippen LogP contribution is 2.26. The van der Waals surface area contributed by atoms with Crippen molar-refractivity contribution in [2.24, 2.45) is 5.92 Å². The van der Waals surface area contributed by atoms with Gasteiger partial charge in [0.1, 0.15) is 11.5 Å². The molecular formula is C23H30N2O5S. The van der Waals surface area contributed by atoms with Crippen molar-refractivity contribution in [1.29, 1.82) is 0 Å². The molecule has 1 aliphatic rings. The highest BCUT2D eigenvalue weighted by Gasteiger charge is 2.32. The molecular weight excluding hydrogens is 416 g/mol. The Labute approximate surface area is 184 Å². The summed E-state index contributed by atoms with van der Waals surface area (Å²) in [5.74, 6) is 1.17. The van der Waals surface area contributed by atoms with Gasteiger partial charge in [-0.3, -0.25) is 4.79 Å². The van der Waals surface area contributed by atoms with Gasteiger partial charge in [0.15, 0.2) is 0 Å². The lowest BCUT2D eigenvalue weighted by Crippen LogP contribution is -2.43. The van der Waals surface area contributed by atoms with E-state index in [2.05, 4.69) is 5.32 Å². The van der Waals surface area contributed by atoms with Crippen molar-refractivity contribution in [3.63, 3.8) is 0 Å². The molecule has 8 heteroatoms. The number of benzene rings is 2. The lowest BCUT2D eigenvalue weighted by molar-refractivity contribution is -0.126. The molecule has 0 spiro atoms. The maximum absolute atomic E-state index is 12.9. The first kappa shape index (κ1) is 23.1. The first-order valence-corrected chi connectivity index (χ1v) is 12.0. The number of ether oxygens (including phenoxy) is 2. The predicted octanol–water partition coefficient (Wildman–Crippen LogP) is 3.37. The number of carbonyl (C=O) groups is 1. The molecule has 0 aromatic heterocycles. The molecule has 0 aliphatic carbocycles. The zero-order valence-electron chi connectivity index (χ0n) is 18.2. The van der Waals surface area contributed by atoms with E-state index in [-0.39, 0.29) is 22.8 Å². The van der Waals surface area contributed by atoms with Crippen LogP contribution in [0.2, 0.25) is 0 Å². The second-order valence-corrected chi connectivity index (χ2v) is 9.52. The fourth-order valence-electron chi connectivity index (χ4n) is 3.69. The number of hydrogen-bond donors (Lipinski definition) is 1. The minimum absolute atomic E-state index is 0.0403. The number of sulfonamides is 1. The summed E-state index contributed by atoms with van der Waals surface area (Å²) in [5, 5.41) is 3.05. The average Bonchev–Trinajstić information content (AvgIpc) is 2.79. The standard InChI is InChI=1S/C23H30N2O5S/c1-4-30-21-9-11-22(12-10-21)31(27,28)25-15-13-19(14-16-25)23(26)24-17(2)18-5-7-20(29-3)8-6-18/h5-12,17,19H,4,13-16H2,1-3H3,(H,24,26). The lowest BCUT2D eigenvalue weighted by atomic mass is 9.96. The quantitative estimate of drug-likeness (QED) is 0.672. The van der Waals surface area contributed by atoms with E-state index < -0.39 is 10.0 Å². The summed E-state index contributed by atoms with van der Waals surface area (Å²) in [6.45, 7) is 4.99. The first-order chi connectivity index (χ1) is 14.8. The number of nitrogens with one attached hydrogen (secondary N) is 1. The van der Waals surface area contributed by atoms with Gasteiger partial charge in [-0.1, -0.05) is 12.1 Å². The third-order valence-corrected chi connectivity index (χ3v) is 7.48. The summed E-state index contributed by atoms with van der Waals surface area (Å²) in [7, 11) is -1.97. The zero-order chi connectivity index (χ0) is 22.4. The summed E-state index contributed by atoms with van der Waals surface area (Å²) < 4.78 is 37.8. The fraction of sp³-hybridized carbons (Fsp3) is 0.435. The van der Waals surface area contributed by atoms with Gasteiger partial charge in [-0.2, -0.15) is 4.31 Å². The van der Waals surface area contributed by atoms with Gasteiger partial charge in [-0.25, -0.2) is 8.42 Å². The van der Waals surface area contributed by atoms with Crippen molar-refractivity contribution in [3.05, 3.63) is 54.1 Å². The van der Waals surface area contributed by atoms with Gasteiger partial charge in [0.05, 0.1) is 24.7 Å². The maximum Gasteiger partial charge on any atom is 0.243 e. The Morgan fingerprint density at radius 3 is 2.19 bits per heavy atom. The predicted molar refractivity (Wildman–Crippen MR) is 119 cm³/mol. The molecule has 1 heterocycles. The summed E-state index contributed by atoms with van der Waals surface area (Å²) in [4.78, 5) is 13.0. The van der Waals surface area contributed by atoms with Gasteiger partial charge in [-0.05, 0) is 68.7 Å². The SMILES string of the molecule is CCOc1ccc(S(=O)(=O)N2CCC(C(=O)NC(C)c3ccc(OC)cc3)CC2)cc1. The number of methoxy groups -OCH3 is 1. The Morgan fingerprint density at radius 1 is 1.06 bits per heavy atom. The van der Waals surface area contributed by atoms with Crippen LogP contribution in [0, 0.1) is 5.92 Å². The van der Waals surface area contributed by atoms with Crippen LogP contribution in [-0.4, -0.2) is 45.4 Å². The van der Waals surface area contributed by atoms with Crippen LogP contribution in [0.1, 0.15) is 38.3 Å². The van der Waals surface area contributed by atoms with E-state index in [0.29, 0.717) is 38.3 Å². The molecule has 7 nitrogen and oxygen atoms in total. The van der Waals surface area contributed by atoms with Crippen LogP contribution < -0.4 is 14.8 Å². The Kier molecular flexibility index (Phi) is 7.56. The van der Waals surface area contributed by atoms with Gasteiger partial charge in [0.2, 0.25) is 15.9 Å². The van der Waals surface area contributed by atoms with Crippen LogP contribution in [0.25, 0.3) is 0 Å². The van der Waals surface area contributed by atoms with Crippen LogP contribution in [-0.2, 0) is 14.8 Å². The third-order valence-electron chi connectivity index (χ3n) is 5.57. The van der Waals surface area contributed by atoms with Gasteiger partial charge in [-0.15, -0.1) is 0 Å². The topological polar surface area (TPSA) is 84.9 Å². The molecule has 0 saturated carbocycles. The van der Waals surface area contributed by atoms with Crippen molar-refractivity contribution in [2.45, 2.75) is 37.6 Å². The Bertz CT molecular complexity index is 966. The molecule has 168 valence electrons. The molecule has 3 rings (SSSR count). The number of amides is 1. The van der Waals surface area contributed by atoms with E-state index in [1.165, 1.54) is 4.31 Å².